The lowest BCUT2D eigenvalue weighted by Crippen LogP contribution is -2.29. The van der Waals surface area contributed by atoms with E-state index in [0.717, 1.165) is 11.6 Å². The lowest BCUT2D eigenvalue weighted by atomic mass is 9.91. The molecule has 1 heterocycles. The number of nitrogens with one attached hydrogen (secondary N) is 1. The summed E-state index contributed by atoms with van der Waals surface area (Å²) < 4.78 is 40.0. The highest BCUT2D eigenvalue weighted by molar-refractivity contribution is 5.35. The Morgan fingerprint density at radius 1 is 1.00 bits per heavy atom. The molecule has 1 aliphatic heterocycles. The first-order valence-corrected chi connectivity index (χ1v) is 6.10. The van der Waals surface area contributed by atoms with E-state index in [1.54, 1.807) is 0 Å². The standard InChI is InChI=1S/C15H12F3N/c16-12-6-10-7-13(9-4-2-1-3-5-9)19-8-11(10)14(17)15(12)18/h1-6,13,19H,7-8H2. The van der Waals surface area contributed by atoms with E-state index in [2.05, 4.69) is 5.32 Å². The fraction of sp³-hybridized carbons (Fsp3) is 0.200. The van der Waals surface area contributed by atoms with Gasteiger partial charge in [-0.15, -0.1) is 0 Å². The molecule has 0 saturated carbocycles. The average Bonchev–Trinajstić information content (AvgIpc) is 2.45. The largest absolute Gasteiger partial charge is 0.305 e. The molecule has 0 spiro atoms. The van der Waals surface area contributed by atoms with Crippen molar-refractivity contribution in [1.82, 2.24) is 5.32 Å². The number of hydrogen-bond donors (Lipinski definition) is 1. The summed E-state index contributed by atoms with van der Waals surface area (Å²) in [5, 5.41) is 3.15. The molecule has 4 heteroatoms. The van der Waals surface area contributed by atoms with Crippen LogP contribution in [0.15, 0.2) is 36.4 Å². The van der Waals surface area contributed by atoms with E-state index in [0.29, 0.717) is 12.0 Å². The van der Waals surface area contributed by atoms with Crippen molar-refractivity contribution in [3.05, 3.63) is 70.5 Å². The zero-order valence-electron chi connectivity index (χ0n) is 10.1. The van der Waals surface area contributed by atoms with Gasteiger partial charge in [0.2, 0.25) is 0 Å². The summed E-state index contributed by atoms with van der Waals surface area (Å²) in [6.45, 7) is 0.206. The van der Waals surface area contributed by atoms with Gasteiger partial charge in [-0.25, -0.2) is 13.2 Å². The Hall–Kier alpha value is -1.81. The second-order valence-electron chi connectivity index (χ2n) is 4.67. The van der Waals surface area contributed by atoms with Crippen molar-refractivity contribution in [2.24, 2.45) is 0 Å². The molecule has 2 aromatic rings. The Balaban J connectivity index is 1.97. The second kappa shape index (κ2) is 4.70. The summed E-state index contributed by atoms with van der Waals surface area (Å²) in [4.78, 5) is 0. The van der Waals surface area contributed by atoms with Crippen molar-refractivity contribution >= 4 is 0 Å². The molecule has 1 unspecified atom stereocenters. The fourth-order valence-electron chi connectivity index (χ4n) is 2.49. The highest BCUT2D eigenvalue weighted by Gasteiger charge is 2.25. The van der Waals surface area contributed by atoms with E-state index < -0.39 is 17.5 Å². The van der Waals surface area contributed by atoms with Gasteiger partial charge < -0.3 is 5.32 Å². The van der Waals surface area contributed by atoms with Crippen LogP contribution in [0.5, 0.6) is 0 Å². The molecule has 98 valence electrons. The van der Waals surface area contributed by atoms with E-state index >= 15 is 0 Å². The van der Waals surface area contributed by atoms with Crippen LogP contribution in [0.2, 0.25) is 0 Å². The van der Waals surface area contributed by atoms with Crippen LogP contribution in [0.4, 0.5) is 13.2 Å². The minimum absolute atomic E-state index is 0.00189. The van der Waals surface area contributed by atoms with E-state index in [1.807, 2.05) is 30.3 Å². The van der Waals surface area contributed by atoms with Crippen LogP contribution >= 0.6 is 0 Å². The van der Waals surface area contributed by atoms with Crippen LogP contribution in [0, 0.1) is 17.5 Å². The zero-order chi connectivity index (χ0) is 13.4. The van der Waals surface area contributed by atoms with Crippen LogP contribution in [0.3, 0.4) is 0 Å². The summed E-state index contributed by atoms with van der Waals surface area (Å²) in [5.74, 6) is -3.59. The zero-order valence-corrected chi connectivity index (χ0v) is 10.1. The average molecular weight is 263 g/mol. The molecule has 0 aliphatic carbocycles. The molecule has 0 fully saturated rings. The second-order valence-corrected chi connectivity index (χ2v) is 4.67. The molecule has 0 radical (unpaired) electrons. The van der Waals surface area contributed by atoms with Gasteiger partial charge in [-0.2, -0.15) is 0 Å². The van der Waals surface area contributed by atoms with Crippen molar-refractivity contribution < 1.29 is 13.2 Å². The minimum Gasteiger partial charge on any atom is -0.305 e. The van der Waals surface area contributed by atoms with Gasteiger partial charge in [0.15, 0.2) is 17.5 Å². The van der Waals surface area contributed by atoms with Gasteiger partial charge in [0.1, 0.15) is 0 Å². The van der Waals surface area contributed by atoms with Crippen LogP contribution in [-0.4, -0.2) is 0 Å². The molecule has 3 rings (SSSR count). The molecule has 1 nitrogen and oxygen atoms in total. The smallest absolute Gasteiger partial charge is 0.194 e. The normalized spacial score (nSPS) is 18.2. The summed E-state index contributed by atoms with van der Waals surface area (Å²) in [7, 11) is 0. The summed E-state index contributed by atoms with van der Waals surface area (Å²) in [6, 6.07) is 10.8. The monoisotopic (exact) mass is 263 g/mol. The first-order valence-electron chi connectivity index (χ1n) is 6.10. The Bertz CT molecular complexity index is 611. The van der Waals surface area contributed by atoms with Crippen molar-refractivity contribution in [3.63, 3.8) is 0 Å². The molecule has 1 aliphatic rings. The quantitative estimate of drug-likeness (QED) is 0.777. The van der Waals surface area contributed by atoms with E-state index in [4.69, 9.17) is 0 Å². The Labute approximate surface area is 109 Å². The lowest BCUT2D eigenvalue weighted by Gasteiger charge is -2.27. The highest BCUT2D eigenvalue weighted by Crippen LogP contribution is 2.29. The number of hydrogen-bond acceptors (Lipinski definition) is 1. The summed E-state index contributed by atoms with van der Waals surface area (Å²) >= 11 is 0. The van der Waals surface area contributed by atoms with Gasteiger partial charge in [0.05, 0.1) is 0 Å². The van der Waals surface area contributed by atoms with Crippen LogP contribution in [-0.2, 0) is 13.0 Å². The molecule has 0 bridgehead atoms. The Kier molecular flexibility index (Phi) is 3.03. The summed E-state index contributed by atoms with van der Waals surface area (Å²) in [5.41, 5.74) is 1.81. The topological polar surface area (TPSA) is 12.0 Å². The van der Waals surface area contributed by atoms with Gasteiger partial charge in [-0.1, -0.05) is 30.3 Å². The highest BCUT2D eigenvalue weighted by atomic mass is 19.2. The molecular weight excluding hydrogens is 251 g/mol. The third kappa shape index (κ3) is 2.12. The van der Waals surface area contributed by atoms with Gasteiger partial charge in [0.25, 0.3) is 0 Å². The Morgan fingerprint density at radius 2 is 1.74 bits per heavy atom. The summed E-state index contributed by atoms with van der Waals surface area (Å²) in [6.07, 6.45) is 0.452. The molecule has 1 atom stereocenters. The van der Waals surface area contributed by atoms with Gasteiger partial charge >= 0.3 is 0 Å². The van der Waals surface area contributed by atoms with E-state index in [9.17, 15) is 13.2 Å². The molecule has 1 N–H and O–H groups in total. The van der Waals surface area contributed by atoms with Crippen molar-refractivity contribution in [2.45, 2.75) is 19.0 Å². The molecule has 0 amide bonds. The van der Waals surface area contributed by atoms with Gasteiger partial charge in [-0.3, -0.25) is 0 Å². The number of fused-ring (bicyclic) bond motifs is 1. The lowest BCUT2D eigenvalue weighted by molar-refractivity contribution is 0.415. The molecule has 2 aromatic carbocycles. The minimum atomic E-state index is -1.39. The molecule has 19 heavy (non-hydrogen) atoms. The first kappa shape index (κ1) is 12.2. The maximum absolute atomic E-state index is 13.6. The van der Waals surface area contributed by atoms with Crippen molar-refractivity contribution in [1.29, 1.82) is 0 Å². The van der Waals surface area contributed by atoms with Gasteiger partial charge in [-0.05, 0) is 23.6 Å². The number of rotatable bonds is 1. The predicted molar refractivity (Wildman–Crippen MR) is 66.0 cm³/mol. The van der Waals surface area contributed by atoms with Crippen LogP contribution < -0.4 is 5.32 Å². The number of halogens is 3. The van der Waals surface area contributed by atoms with E-state index in [-0.39, 0.29) is 18.2 Å². The van der Waals surface area contributed by atoms with Crippen LogP contribution in [0.1, 0.15) is 22.7 Å². The SMILES string of the molecule is Fc1cc2c(c(F)c1F)CNC(c1ccccc1)C2. The first-order chi connectivity index (χ1) is 9.16. The molecule has 0 aromatic heterocycles. The Morgan fingerprint density at radius 3 is 2.47 bits per heavy atom. The molecule has 0 saturated heterocycles. The fourth-order valence-corrected chi connectivity index (χ4v) is 2.49. The van der Waals surface area contributed by atoms with Crippen molar-refractivity contribution in [3.8, 4) is 0 Å². The van der Waals surface area contributed by atoms with Crippen LogP contribution in [0.25, 0.3) is 0 Å². The maximum Gasteiger partial charge on any atom is 0.194 e. The predicted octanol–water partition coefficient (Wildman–Crippen LogP) is 3.49. The van der Waals surface area contributed by atoms with Crippen molar-refractivity contribution in [2.75, 3.05) is 0 Å². The van der Waals surface area contributed by atoms with E-state index in [1.165, 1.54) is 0 Å². The third-order valence-corrected chi connectivity index (χ3v) is 3.51. The molecular formula is C15H12F3N. The van der Waals surface area contributed by atoms with Gasteiger partial charge in [0, 0.05) is 18.2 Å². The third-order valence-electron chi connectivity index (χ3n) is 3.51. The number of benzene rings is 2. The maximum atomic E-state index is 13.6.